The Morgan fingerprint density at radius 1 is 1.04 bits per heavy atom. The van der Waals surface area contributed by atoms with Crippen molar-refractivity contribution in [2.45, 2.75) is 64.5 Å². The second-order valence-corrected chi connectivity index (χ2v) is 7.99. The summed E-state index contributed by atoms with van der Waals surface area (Å²) in [6.45, 7) is 1.33. The Morgan fingerprint density at radius 2 is 1.75 bits per heavy atom. The predicted molar refractivity (Wildman–Crippen MR) is 99.2 cm³/mol. The van der Waals surface area contributed by atoms with Crippen LogP contribution >= 0.6 is 0 Å². The van der Waals surface area contributed by atoms with E-state index in [2.05, 4.69) is 10.4 Å². The lowest BCUT2D eigenvalue weighted by atomic mass is 9.81. The lowest BCUT2D eigenvalue weighted by molar-refractivity contribution is -0.143. The van der Waals surface area contributed by atoms with E-state index in [9.17, 15) is 19.2 Å². The number of nitrogens with one attached hydrogen (secondary N) is 1. The number of aryl methyl sites for hydroxylation is 2. The van der Waals surface area contributed by atoms with Crippen molar-refractivity contribution in [2.75, 3.05) is 13.1 Å². The minimum Gasteiger partial charge on any atom is -0.354 e. The molecule has 0 bridgehead atoms. The first-order valence-corrected chi connectivity index (χ1v) is 10.3. The van der Waals surface area contributed by atoms with Crippen LogP contribution in [0.15, 0.2) is 4.79 Å². The highest BCUT2D eigenvalue weighted by molar-refractivity contribution is 6.07. The van der Waals surface area contributed by atoms with E-state index in [0.29, 0.717) is 19.5 Å². The molecule has 9 nitrogen and oxygen atoms in total. The number of hydrogen-bond donors (Lipinski definition) is 1. The Bertz CT molecular complexity index is 818. The number of aromatic nitrogens is 3. The normalized spacial score (nSPS) is 24.2. The molecule has 1 aromatic heterocycles. The largest absolute Gasteiger partial charge is 0.354 e. The van der Waals surface area contributed by atoms with Gasteiger partial charge in [0, 0.05) is 26.1 Å². The summed E-state index contributed by atoms with van der Waals surface area (Å²) in [7, 11) is 0. The van der Waals surface area contributed by atoms with Crippen LogP contribution in [0.3, 0.4) is 0 Å². The molecule has 9 heteroatoms. The predicted octanol–water partition coefficient (Wildman–Crippen LogP) is 0.0626. The highest BCUT2D eigenvalue weighted by atomic mass is 16.2. The second-order valence-electron chi connectivity index (χ2n) is 7.99. The van der Waals surface area contributed by atoms with Gasteiger partial charge in [0.15, 0.2) is 0 Å². The van der Waals surface area contributed by atoms with Crippen LogP contribution in [-0.2, 0) is 33.9 Å². The highest BCUT2D eigenvalue weighted by Gasteiger charge is 2.48. The van der Waals surface area contributed by atoms with Crippen molar-refractivity contribution in [3.05, 3.63) is 16.3 Å². The monoisotopic (exact) mass is 389 g/mol. The van der Waals surface area contributed by atoms with E-state index in [4.69, 9.17) is 0 Å². The van der Waals surface area contributed by atoms with E-state index >= 15 is 0 Å². The van der Waals surface area contributed by atoms with E-state index in [0.717, 1.165) is 62.2 Å². The Balaban J connectivity index is 1.24. The maximum atomic E-state index is 12.4. The smallest absolute Gasteiger partial charge is 0.345 e. The molecule has 2 aliphatic heterocycles. The lowest BCUT2D eigenvalue weighted by Gasteiger charge is -2.19. The average molecular weight is 389 g/mol. The van der Waals surface area contributed by atoms with Crippen molar-refractivity contribution in [2.24, 2.45) is 11.8 Å². The molecule has 0 aromatic carbocycles. The first-order chi connectivity index (χ1) is 13.6. The minimum absolute atomic E-state index is 0.0862. The number of carbonyl (C=O) groups is 3. The minimum atomic E-state index is -0.336. The van der Waals surface area contributed by atoms with Crippen molar-refractivity contribution in [1.82, 2.24) is 24.6 Å². The van der Waals surface area contributed by atoms with Crippen LogP contribution in [0.25, 0.3) is 0 Å². The second kappa shape index (κ2) is 7.89. The van der Waals surface area contributed by atoms with Crippen molar-refractivity contribution in [3.8, 4) is 0 Å². The number of amides is 3. The summed E-state index contributed by atoms with van der Waals surface area (Å²) in [6, 6.07) is 0. The van der Waals surface area contributed by atoms with Gasteiger partial charge in [-0.1, -0.05) is 12.8 Å². The summed E-state index contributed by atoms with van der Waals surface area (Å²) >= 11 is 0. The fourth-order valence-electron chi connectivity index (χ4n) is 4.64. The van der Waals surface area contributed by atoms with Crippen molar-refractivity contribution >= 4 is 17.7 Å². The Kier molecular flexibility index (Phi) is 5.32. The van der Waals surface area contributed by atoms with Gasteiger partial charge < -0.3 is 5.32 Å². The summed E-state index contributed by atoms with van der Waals surface area (Å²) in [5, 5.41) is 7.12. The molecule has 1 aromatic rings. The van der Waals surface area contributed by atoms with Gasteiger partial charge in [-0.05, 0) is 32.1 Å². The molecule has 1 saturated heterocycles. The first-order valence-electron chi connectivity index (χ1n) is 10.3. The first kappa shape index (κ1) is 18.9. The maximum Gasteiger partial charge on any atom is 0.345 e. The fourth-order valence-corrected chi connectivity index (χ4v) is 4.64. The summed E-state index contributed by atoms with van der Waals surface area (Å²) in [6.07, 6.45) is 6.89. The van der Waals surface area contributed by atoms with Crippen LogP contribution in [0.2, 0.25) is 0 Å². The SMILES string of the molecule is O=C(CN1C(=O)C2CCCCC2C1=O)NCCCn1nc2n(c1=O)CCCC2. The molecule has 2 atom stereocenters. The highest BCUT2D eigenvalue weighted by Crippen LogP contribution is 2.37. The summed E-state index contributed by atoms with van der Waals surface area (Å²) in [5.74, 6) is -0.342. The molecule has 3 heterocycles. The molecule has 0 spiro atoms. The maximum absolute atomic E-state index is 12.4. The third kappa shape index (κ3) is 3.49. The quantitative estimate of drug-likeness (QED) is 0.547. The number of carbonyl (C=O) groups excluding carboxylic acids is 3. The van der Waals surface area contributed by atoms with Crippen molar-refractivity contribution < 1.29 is 14.4 Å². The Hall–Kier alpha value is -2.45. The van der Waals surface area contributed by atoms with Crippen molar-refractivity contribution in [1.29, 1.82) is 0 Å². The fraction of sp³-hybridized carbons (Fsp3) is 0.737. The van der Waals surface area contributed by atoms with E-state index in [1.807, 2.05) is 0 Å². The van der Waals surface area contributed by atoms with Crippen molar-refractivity contribution in [3.63, 3.8) is 0 Å². The van der Waals surface area contributed by atoms with Gasteiger partial charge in [0.05, 0.1) is 11.8 Å². The van der Waals surface area contributed by atoms with E-state index in [1.54, 1.807) is 4.57 Å². The molecule has 2 unspecified atom stereocenters. The molecular weight excluding hydrogens is 362 g/mol. The van der Waals surface area contributed by atoms with Gasteiger partial charge in [0.1, 0.15) is 12.4 Å². The number of nitrogens with zero attached hydrogens (tertiary/aromatic N) is 4. The van der Waals surface area contributed by atoms with Crippen LogP contribution in [0.1, 0.15) is 50.8 Å². The third-order valence-corrected chi connectivity index (χ3v) is 6.13. The van der Waals surface area contributed by atoms with Gasteiger partial charge >= 0.3 is 5.69 Å². The number of hydrogen-bond acceptors (Lipinski definition) is 5. The Labute approximate surface area is 163 Å². The molecule has 4 rings (SSSR count). The molecule has 1 N–H and O–H groups in total. The molecule has 152 valence electrons. The summed E-state index contributed by atoms with van der Waals surface area (Å²) < 4.78 is 3.19. The zero-order chi connectivity index (χ0) is 19.7. The number of fused-ring (bicyclic) bond motifs is 2. The summed E-state index contributed by atoms with van der Waals surface area (Å²) in [4.78, 5) is 50.4. The van der Waals surface area contributed by atoms with Gasteiger partial charge in [0.25, 0.3) is 0 Å². The van der Waals surface area contributed by atoms with Gasteiger partial charge in [0.2, 0.25) is 17.7 Å². The van der Waals surface area contributed by atoms with Gasteiger partial charge in [-0.25, -0.2) is 9.48 Å². The molecular formula is C19H27N5O4. The average Bonchev–Trinajstić information content (AvgIpc) is 3.15. The standard InChI is InChI=1S/C19H27N5O4/c25-16(12-23-17(26)13-6-1-2-7-14(13)18(23)27)20-9-5-11-24-19(28)22-10-4-3-8-15(22)21-24/h13-14H,1-12H2,(H,20,25). The summed E-state index contributed by atoms with van der Waals surface area (Å²) in [5.41, 5.74) is -0.0862. The number of imide groups is 1. The van der Waals surface area contributed by atoms with Crippen LogP contribution in [0.5, 0.6) is 0 Å². The van der Waals surface area contributed by atoms with Crippen LogP contribution in [0.4, 0.5) is 0 Å². The van der Waals surface area contributed by atoms with Gasteiger partial charge in [-0.3, -0.25) is 23.9 Å². The molecule has 1 aliphatic carbocycles. The number of rotatable bonds is 6. The van der Waals surface area contributed by atoms with E-state index in [1.165, 1.54) is 4.68 Å². The molecule has 28 heavy (non-hydrogen) atoms. The van der Waals surface area contributed by atoms with Crippen LogP contribution in [0, 0.1) is 11.8 Å². The zero-order valence-electron chi connectivity index (χ0n) is 16.1. The Morgan fingerprint density at radius 3 is 2.43 bits per heavy atom. The van der Waals surface area contributed by atoms with Gasteiger partial charge in [-0.2, -0.15) is 5.10 Å². The third-order valence-electron chi connectivity index (χ3n) is 6.13. The molecule has 3 aliphatic rings. The van der Waals surface area contributed by atoms with E-state index in [-0.39, 0.29) is 41.8 Å². The van der Waals surface area contributed by atoms with Crippen LogP contribution < -0.4 is 11.0 Å². The molecule has 1 saturated carbocycles. The van der Waals surface area contributed by atoms with Gasteiger partial charge in [-0.15, -0.1) is 0 Å². The molecule has 2 fully saturated rings. The molecule has 0 radical (unpaired) electrons. The number of likely N-dealkylation sites (tertiary alicyclic amines) is 1. The zero-order valence-corrected chi connectivity index (χ0v) is 16.1. The molecule has 3 amide bonds. The lowest BCUT2D eigenvalue weighted by Crippen LogP contribution is -2.41. The topological polar surface area (TPSA) is 106 Å². The van der Waals surface area contributed by atoms with Crippen LogP contribution in [-0.4, -0.2) is 50.1 Å². The van der Waals surface area contributed by atoms with E-state index < -0.39 is 0 Å².